The second-order valence-electron chi connectivity index (χ2n) is 2.00. The van der Waals surface area contributed by atoms with E-state index in [2.05, 4.69) is 22.8 Å². The van der Waals surface area contributed by atoms with Crippen LogP contribution in [0.2, 0.25) is 0 Å². The molecule has 4 nitrogen and oxygen atoms in total. The van der Waals surface area contributed by atoms with E-state index in [9.17, 15) is 0 Å². The highest BCUT2D eigenvalue weighted by Crippen LogP contribution is 1.68. The molecule has 0 aliphatic carbocycles. The first-order chi connectivity index (χ1) is 4.81. The first-order valence-electron chi connectivity index (χ1n) is 3.50. The molecule has 0 saturated heterocycles. The highest BCUT2D eigenvalue weighted by atomic mass is 15.3. The lowest BCUT2D eigenvalue weighted by Gasteiger charge is -2.00. The maximum atomic E-state index is 5.45. The van der Waals surface area contributed by atoms with E-state index in [0.717, 1.165) is 13.0 Å². The number of rotatable bonds is 5. The third kappa shape index (κ3) is 5.37. The van der Waals surface area contributed by atoms with E-state index in [1.54, 1.807) is 7.05 Å². The Morgan fingerprint density at radius 3 is 2.80 bits per heavy atom. The molecule has 0 amide bonds. The normalized spacial score (nSPS) is 11.6. The Kier molecular flexibility index (Phi) is 5.86. The zero-order valence-electron chi connectivity index (χ0n) is 6.65. The molecule has 0 rings (SSSR count). The van der Waals surface area contributed by atoms with Gasteiger partial charge in [0.25, 0.3) is 0 Å². The van der Waals surface area contributed by atoms with Gasteiger partial charge >= 0.3 is 0 Å². The number of nitrogens with one attached hydrogen (secondary N) is 2. The molecule has 10 heavy (non-hydrogen) atoms. The first kappa shape index (κ1) is 9.23. The summed E-state index contributed by atoms with van der Waals surface area (Å²) in [6, 6.07) is 0. The molecular weight excluding hydrogens is 128 g/mol. The molecule has 0 saturated carbocycles. The maximum Gasteiger partial charge on any atom is 0.133 e. The number of nitrogens with two attached hydrogens (primary N) is 1. The third-order valence-corrected chi connectivity index (χ3v) is 0.988. The molecule has 0 spiro atoms. The van der Waals surface area contributed by atoms with Crippen LogP contribution in [-0.4, -0.2) is 26.0 Å². The molecule has 0 aromatic carbocycles. The molecule has 0 fully saturated rings. The summed E-state index contributed by atoms with van der Waals surface area (Å²) in [6.07, 6.45) is 1.12. The van der Waals surface area contributed by atoms with Gasteiger partial charge in [-0.1, -0.05) is 6.92 Å². The summed E-state index contributed by atoms with van der Waals surface area (Å²) in [6.45, 7) is 3.76. The fourth-order valence-corrected chi connectivity index (χ4v) is 0.576. The lowest BCUT2D eigenvalue weighted by molar-refractivity contribution is 0.734. The molecule has 0 heterocycles. The minimum atomic E-state index is 0.593. The molecule has 0 aliphatic heterocycles. The van der Waals surface area contributed by atoms with Crippen molar-refractivity contribution in [2.75, 3.05) is 20.1 Å². The van der Waals surface area contributed by atoms with Crippen molar-refractivity contribution in [3.63, 3.8) is 0 Å². The Morgan fingerprint density at radius 2 is 2.30 bits per heavy atom. The number of nitrogens with zero attached hydrogens (tertiary/aromatic N) is 1. The van der Waals surface area contributed by atoms with Crippen LogP contribution in [-0.2, 0) is 0 Å². The first-order valence-corrected chi connectivity index (χ1v) is 3.50. The molecule has 60 valence electrons. The Hall–Kier alpha value is -0.770. The van der Waals surface area contributed by atoms with Crippen molar-refractivity contribution in [1.29, 1.82) is 0 Å². The molecule has 0 aliphatic rings. The van der Waals surface area contributed by atoms with Crippen LogP contribution < -0.4 is 16.5 Å². The van der Waals surface area contributed by atoms with Crippen molar-refractivity contribution in [3.05, 3.63) is 0 Å². The highest BCUT2D eigenvalue weighted by Gasteiger charge is 1.88. The monoisotopic (exact) mass is 144 g/mol. The lowest BCUT2D eigenvalue weighted by Crippen LogP contribution is -2.30. The smallest absolute Gasteiger partial charge is 0.133 e. The quantitative estimate of drug-likeness (QED) is 0.210. The van der Waals surface area contributed by atoms with Crippen LogP contribution in [0.15, 0.2) is 5.10 Å². The van der Waals surface area contributed by atoms with E-state index in [1.807, 2.05) is 0 Å². The number of amidine groups is 1. The van der Waals surface area contributed by atoms with Crippen LogP contribution >= 0.6 is 0 Å². The van der Waals surface area contributed by atoms with Gasteiger partial charge in [-0.15, -0.1) is 0 Å². The van der Waals surface area contributed by atoms with Crippen molar-refractivity contribution >= 4 is 5.84 Å². The SMILES string of the molecule is CCCNC/C(N)=N/NC. The fraction of sp³-hybridized carbons (Fsp3) is 0.833. The van der Waals surface area contributed by atoms with Crippen LogP contribution in [0.3, 0.4) is 0 Å². The van der Waals surface area contributed by atoms with Gasteiger partial charge in [-0.2, -0.15) is 5.10 Å². The average Bonchev–Trinajstić information content (AvgIpc) is 1.89. The van der Waals surface area contributed by atoms with Crippen LogP contribution in [0.25, 0.3) is 0 Å². The fourth-order valence-electron chi connectivity index (χ4n) is 0.576. The second kappa shape index (κ2) is 6.35. The van der Waals surface area contributed by atoms with Gasteiger partial charge in [-0.25, -0.2) is 0 Å². The largest absolute Gasteiger partial charge is 0.385 e. The number of hydrogen-bond acceptors (Lipinski definition) is 3. The zero-order chi connectivity index (χ0) is 7.82. The van der Waals surface area contributed by atoms with E-state index in [4.69, 9.17) is 5.73 Å². The average molecular weight is 144 g/mol. The topological polar surface area (TPSA) is 62.4 Å². The Labute approximate surface area is 61.9 Å². The lowest BCUT2D eigenvalue weighted by atomic mass is 10.4. The van der Waals surface area contributed by atoms with Crippen molar-refractivity contribution in [2.45, 2.75) is 13.3 Å². The minimum Gasteiger partial charge on any atom is -0.385 e. The predicted molar refractivity (Wildman–Crippen MR) is 43.8 cm³/mol. The molecular formula is C6H16N4. The molecule has 4 heteroatoms. The van der Waals surface area contributed by atoms with E-state index in [0.29, 0.717) is 12.4 Å². The van der Waals surface area contributed by atoms with E-state index >= 15 is 0 Å². The van der Waals surface area contributed by atoms with Gasteiger partial charge in [0.05, 0.1) is 6.54 Å². The summed E-state index contributed by atoms with van der Waals surface area (Å²) in [4.78, 5) is 0. The van der Waals surface area contributed by atoms with E-state index < -0.39 is 0 Å². The molecule has 0 aromatic heterocycles. The van der Waals surface area contributed by atoms with Gasteiger partial charge in [-0.05, 0) is 13.0 Å². The molecule has 4 N–H and O–H groups in total. The Morgan fingerprint density at radius 1 is 1.60 bits per heavy atom. The summed E-state index contributed by atoms with van der Waals surface area (Å²) in [5, 5.41) is 6.90. The number of hydrogen-bond donors (Lipinski definition) is 3. The molecule has 0 radical (unpaired) electrons. The standard InChI is InChI=1S/C6H16N4/c1-3-4-9-5-6(7)10-8-2/h8-9H,3-5H2,1-2H3,(H2,7,10). The van der Waals surface area contributed by atoms with Crippen molar-refractivity contribution < 1.29 is 0 Å². The van der Waals surface area contributed by atoms with E-state index in [-0.39, 0.29) is 0 Å². The Balaban J connectivity index is 3.21. The van der Waals surface area contributed by atoms with Crippen LogP contribution in [0.1, 0.15) is 13.3 Å². The van der Waals surface area contributed by atoms with Gasteiger partial charge in [0, 0.05) is 7.05 Å². The Bertz CT molecular complexity index is 99.9. The summed E-state index contributed by atoms with van der Waals surface area (Å²) in [5.74, 6) is 0.593. The van der Waals surface area contributed by atoms with Crippen molar-refractivity contribution in [1.82, 2.24) is 10.7 Å². The van der Waals surface area contributed by atoms with Crippen LogP contribution in [0.5, 0.6) is 0 Å². The zero-order valence-corrected chi connectivity index (χ0v) is 6.65. The van der Waals surface area contributed by atoms with Gasteiger partial charge in [0.2, 0.25) is 0 Å². The molecule has 0 aromatic rings. The third-order valence-electron chi connectivity index (χ3n) is 0.988. The van der Waals surface area contributed by atoms with Crippen molar-refractivity contribution in [3.8, 4) is 0 Å². The summed E-state index contributed by atoms with van der Waals surface area (Å²) in [7, 11) is 1.73. The molecule has 0 atom stereocenters. The summed E-state index contributed by atoms with van der Waals surface area (Å²) < 4.78 is 0. The van der Waals surface area contributed by atoms with Crippen molar-refractivity contribution in [2.24, 2.45) is 10.8 Å². The molecule has 0 bridgehead atoms. The van der Waals surface area contributed by atoms with E-state index in [1.165, 1.54) is 0 Å². The van der Waals surface area contributed by atoms with Gasteiger partial charge in [-0.3, -0.25) is 0 Å². The van der Waals surface area contributed by atoms with Gasteiger partial charge in [0.15, 0.2) is 0 Å². The van der Waals surface area contributed by atoms with Gasteiger partial charge < -0.3 is 16.5 Å². The van der Waals surface area contributed by atoms with Gasteiger partial charge in [0.1, 0.15) is 5.84 Å². The number of hydrazone groups is 1. The summed E-state index contributed by atoms with van der Waals surface area (Å²) >= 11 is 0. The second-order valence-corrected chi connectivity index (χ2v) is 2.00. The summed E-state index contributed by atoms with van der Waals surface area (Å²) in [5.41, 5.74) is 8.07. The molecule has 0 unspecified atom stereocenters. The van der Waals surface area contributed by atoms with Crippen LogP contribution in [0, 0.1) is 0 Å². The maximum absolute atomic E-state index is 5.45. The predicted octanol–water partition coefficient (Wildman–Crippen LogP) is -0.522. The minimum absolute atomic E-state index is 0.593. The highest BCUT2D eigenvalue weighted by molar-refractivity contribution is 5.81. The van der Waals surface area contributed by atoms with Crippen LogP contribution in [0.4, 0.5) is 0 Å².